The predicted octanol–water partition coefficient (Wildman–Crippen LogP) is 1.09. The SMILES string of the molecule is O=C(NCc1ccc(F)cc1)C(=O)NCC1(O)Cc2ccccc2C1. The summed E-state index contributed by atoms with van der Waals surface area (Å²) in [6, 6.07) is 13.4. The van der Waals surface area contributed by atoms with Crippen molar-refractivity contribution < 1.29 is 19.1 Å². The Kier molecular flexibility index (Phi) is 4.81. The average Bonchev–Trinajstić information content (AvgIpc) is 2.95. The highest BCUT2D eigenvalue weighted by atomic mass is 19.1. The van der Waals surface area contributed by atoms with Gasteiger partial charge in [-0.05, 0) is 28.8 Å². The molecule has 0 saturated heterocycles. The fraction of sp³-hybridized carbons (Fsp3) is 0.263. The number of fused-ring (bicyclic) bond motifs is 1. The van der Waals surface area contributed by atoms with E-state index in [0.29, 0.717) is 18.4 Å². The van der Waals surface area contributed by atoms with Crippen molar-refractivity contribution >= 4 is 11.8 Å². The van der Waals surface area contributed by atoms with Crippen LogP contribution < -0.4 is 10.6 Å². The van der Waals surface area contributed by atoms with Crippen LogP contribution in [0, 0.1) is 5.82 Å². The smallest absolute Gasteiger partial charge is 0.309 e. The van der Waals surface area contributed by atoms with Crippen LogP contribution in [0.3, 0.4) is 0 Å². The Hall–Kier alpha value is -2.73. The number of aliphatic hydroxyl groups is 1. The van der Waals surface area contributed by atoms with E-state index in [2.05, 4.69) is 10.6 Å². The number of carbonyl (C=O) groups is 2. The molecule has 0 bridgehead atoms. The van der Waals surface area contributed by atoms with Crippen molar-refractivity contribution in [3.63, 3.8) is 0 Å². The van der Waals surface area contributed by atoms with Gasteiger partial charge in [-0.2, -0.15) is 0 Å². The lowest BCUT2D eigenvalue weighted by atomic mass is 10.0. The third kappa shape index (κ3) is 4.22. The zero-order valence-corrected chi connectivity index (χ0v) is 13.6. The molecule has 0 unspecified atom stereocenters. The molecule has 2 amide bonds. The zero-order valence-electron chi connectivity index (χ0n) is 13.6. The van der Waals surface area contributed by atoms with Gasteiger partial charge in [0, 0.05) is 25.9 Å². The zero-order chi connectivity index (χ0) is 17.9. The summed E-state index contributed by atoms with van der Waals surface area (Å²) in [4.78, 5) is 23.7. The second-order valence-corrected chi connectivity index (χ2v) is 6.34. The molecule has 3 rings (SSSR count). The molecule has 0 spiro atoms. The molecule has 3 N–H and O–H groups in total. The van der Waals surface area contributed by atoms with E-state index in [-0.39, 0.29) is 18.9 Å². The number of carbonyl (C=O) groups excluding carboxylic acids is 2. The van der Waals surface area contributed by atoms with Crippen LogP contribution in [0.2, 0.25) is 0 Å². The molecular formula is C19H19FN2O3. The predicted molar refractivity (Wildman–Crippen MR) is 90.1 cm³/mol. The summed E-state index contributed by atoms with van der Waals surface area (Å²) in [7, 11) is 0. The normalized spacial score (nSPS) is 14.6. The quantitative estimate of drug-likeness (QED) is 0.728. The van der Waals surface area contributed by atoms with Crippen LogP contribution in [0.25, 0.3) is 0 Å². The topological polar surface area (TPSA) is 78.4 Å². The minimum Gasteiger partial charge on any atom is -0.387 e. The molecular weight excluding hydrogens is 323 g/mol. The van der Waals surface area contributed by atoms with Gasteiger partial charge in [-0.25, -0.2) is 4.39 Å². The molecule has 0 heterocycles. The van der Waals surface area contributed by atoms with Crippen molar-refractivity contribution in [3.8, 4) is 0 Å². The molecule has 0 aromatic heterocycles. The fourth-order valence-electron chi connectivity index (χ4n) is 2.99. The maximum Gasteiger partial charge on any atom is 0.309 e. The minimum absolute atomic E-state index is 0.00445. The molecule has 2 aromatic carbocycles. The van der Waals surface area contributed by atoms with Gasteiger partial charge in [0.2, 0.25) is 0 Å². The number of benzene rings is 2. The van der Waals surface area contributed by atoms with E-state index in [4.69, 9.17) is 0 Å². The van der Waals surface area contributed by atoms with E-state index < -0.39 is 17.4 Å². The molecule has 6 heteroatoms. The number of nitrogens with one attached hydrogen (secondary N) is 2. The van der Waals surface area contributed by atoms with Gasteiger partial charge in [0.15, 0.2) is 0 Å². The molecule has 5 nitrogen and oxygen atoms in total. The Morgan fingerprint density at radius 1 is 0.960 bits per heavy atom. The Morgan fingerprint density at radius 3 is 2.12 bits per heavy atom. The van der Waals surface area contributed by atoms with Gasteiger partial charge in [0.05, 0.1) is 5.60 Å². The summed E-state index contributed by atoms with van der Waals surface area (Å²) in [6.07, 6.45) is 0.890. The lowest BCUT2D eigenvalue weighted by Crippen LogP contribution is -2.48. The monoisotopic (exact) mass is 342 g/mol. The van der Waals surface area contributed by atoms with E-state index in [1.807, 2.05) is 24.3 Å². The Labute approximate surface area is 144 Å². The van der Waals surface area contributed by atoms with Crippen molar-refractivity contribution in [2.24, 2.45) is 0 Å². The van der Waals surface area contributed by atoms with Gasteiger partial charge in [0.25, 0.3) is 0 Å². The van der Waals surface area contributed by atoms with E-state index >= 15 is 0 Å². The number of hydrogen-bond acceptors (Lipinski definition) is 3. The molecule has 1 aliphatic rings. The first-order chi connectivity index (χ1) is 12.0. The van der Waals surface area contributed by atoms with Crippen LogP contribution >= 0.6 is 0 Å². The summed E-state index contributed by atoms with van der Waals surface area (Å²) >= 11 is 0. The van der Waals surface area contributed by atoms with Crippen LogP contribution in [0.1, 0.15) is 16.7 Å². The molecule has 0 atom stereocenters. The number of rotatable bonds is 4. The molecule has 1 aliphatic carbocycles. The maximum atomic E-state index is 12.8. The molecule has 130 valence electrons. The first kappa shape index (κ1) is 17.1. The number of halogens is 1. The summed E-state index contributed by atoms with van der Waals surface area (Å²) in [5, 5.41) is 15.5. The van der Waals surface area contributed by atoms with Crippen molar-refractivity contribution in [1.29, 1.82) is 0 Å². The molecule has 0 aliphatic heterocycles. The first-order valence-corrected chi connectivity index (χ1v) is 8.05. The van der Waals surface area contributed by atoms with Crippen molar-refractivity contribution in [2.45, 2.75) is 25.0 Å². The Balaban J connectivity index is 1.47. The van der Waals surface area contributed by atoms with E-state index in [1.54, 1.807) is 0 Å². The number of amides is 2. The van der Waals surface area contributed by atoms with Crippen LogP contribution in [-0.4, -0.2) is 29.1 Å². The molecule has 2 aromatic rings. The number of hydrogen-bond donors (Lipinski definition) is 3. The van der Waals surface area contributed by atoms with Gasteiger partial charge < -0.3 is 15.7 Å². The summed E-state index contributed by atoms with van der Waals surface area (Å²) < 4.78 is 12.8. The summed E-state index contributed by atoms with van der Waals surface area (Å²) in [5.74, 6) is -1.95. The highest BCUT2D eigenvalue weighted by Gasteiger charge is 2.35. The van der Waals surface area contributed by atoms with Crippen molar-refractivity contribution in [2.75, 3.05) is 6.54 Å². The van der Waals surface area contributed by atoms with E-state index in [9.17, 15) is 19.1 Å². The van der Waals surface area contributed by atoms with Gasteiger partial charge >= 0.3 is 11.8 Å². The second kappa shape index (κ2) is 7.03. The molecule has 0 radical (unpaired) electrons. The van der Waals surface area contributed by atoms with Crippen LogP contribution in [-0.2, 0) is 29.0 Å². The highest BCUT2D eigenvalue weighted by Crippen LogP contribution is 2.29. The maximum absolute atomic E-state index is 12.8. The first-order valence-electron chi connectivity index (χ1n) is 8.05. The second-order valence-electron chi connectivity index (χ2n) is 6.34. The Bertz CT molecular complexity index is 765. The average molecular weight is 342 g/mol. The Morgan fingerprint density at radius 2 is 1.52 bits per heavy atom. The van der Waals surface area contributed by atoms with E-state index in [0.717, 1.165) is 11.1 Å². The van der Waals surface area contributed by atoms with Gasteiger partial charge in [0.1, 0.15) is 5.82 Å². The largest absolute Gasteiger partial charge is 0.387 e. The molecule has 0 saturated carbocycles. The third-order valence-electron chi connectivity index (χ3n) is 4.31. The van der Waals surface area contributed by atoms with Gasteiger partial charge in [-0.15, -0.1) is 0 Å². The lowest BCUT2D eigenvalue weighted by Gasteiger charge is -2.22. The molecule has 0 fully saturated rings. The standard InChI is InChI=1S/C19H19FN2O3/c20-16-7-5-13(6-8-16)11-21-17(23)18(24)22-12-19(25)9-14-3-1-2-4-15(14)10-19/h1-8,25H,9-12H2,(H,21,23)(H,22,24). The summed E-state index contributed by atoms with van der Waals surface area (Å²) in [6.45, 7) is 0.132. The van der Waals surface area contributed by atoms with Crippen molar-refractivity contribution in [1.82, 2.24) is 10.6 Å². The highest BCUT2D eigenvalue weighted by molar-refractivity contribution is 6.35. The van der Waals surface area contributed by atoms with Gasteiger partial charge in [-0.1, -0.05) is 36.4 Å². The minimum atomic E-state index is -1.07. The lowest BCUT2D eigenvalue weighted by molar-refractivity contribution is -0.139. The fourth-order valence-corrected chi connectivity index (χ4v) is 2.99. The van der Waals surface area contributed by atoms with Crippen LogP contribution in [0.5, 0.6) is 0 Å². The summed E-state index contributed by atoms with van der Waals surface area (Å²) in [5.41, 5.74) is 1.73. The van der Waals surface area contributed by atoms with Crippen molar-refractivity contribution in [3.05, 3.63) is 71.0 Å². The van der Waals surface area contributed by atoms with E-state index in [1.165, 1.54) is 24.3 Å². The third-order valence-corrected chi connectivity index (χ3v) is 4.31. The van der Waals surface area contributed by atoms with Crippen LogP contribution in [0.4, 0.5) is 4.39 Å². The molecule has 25 heavy (non-hydrogen) atoms. The van der Waals surface area contributed by atoms with Crippen LogP contribution in [0.15, 0.2) is 48.5 Å². The van der Waals surface area contributed by atoms with Gasteiger partial charge in [-0.3, -0.25) is 9.59 Å².